The number of carbonyl (C=O) groups is 1. The van der Waals surface area contributed by atoms with Crippen LogP contribution in [0.25, 0.3) is 11.0 Å². The summed E-state index contributed by atoms with van der Waals surface area (Å²) in [6, 6.07) is 14.1. The van der Waals surface area contributed by atoms with E-state index < -0.39 is 11.2 Å². The minimum atomic E-state index is -0.547. The van der Waals surface area contributed by atoms with Crippen molar-refractivity contribution in [3.8, 4) is 0 Å². The summed E-state index contributed by atoms with van der Waals surface area (Å²) < 4.78 is 2.43. The van der Waals surface area contributed by atoms with Gasteiger partial charge in [0.2, 0.25) is 0 Å². The predicted molar refractivity (Wildman–Crippen MR) is 118 cm³/mol. The second kappa shape index (κ2) is 8.47. The summed E-state index contributed by atoms with van der Waals surface area (Å²) in [5.74, 6) is 0.148. The van der Waals surface area contributed by atoms with Crippen molar-refractivity contribution in [2.45, 2.75) is 32.9 Å². The van der Waals surface area contributed by atoms with Gasteiger partial charge in [-0.3, -0.25) is 23.7 Å². The summed E-state index contributed by atoms with van der Waals surface area (Å²) in [6.07, 6.45) is 4.70. The molecule has 0 atom stereocenters. The molecule has 0 unspecified atom stereocenters. The molecule has 0 saturated carbocycles. The first-order valence-electron chi connectivity index (χ1n) is 10.1. The summed E-state index contributed by atoms with van der Waals surface area (Å²) >= 11 is 0. The summed E-state index contributed by atoms with van der Waals surface area (Å²) in [5, 5.41) is 0. The number of carbonyl (C=O) groups excluding carboxylic acids is 1. The number of pyridine rings is 2. The zero-order chi connectivity index (χ0) is 22.0. The third kappa shape index (κ3) is 4.07. The second-order valence-corrected chi connectivity index (χ2v) is 7.69. The number of benzene rings is 1. The lowest BCUT2D eigenvalue weighted by Crippen LogP contribution is -2.41. The molecule has 0 aliphatic rings. The molecule has 4 rings (SSSR count). The highest BCUT2D eigenvalue weighted by molar-refractivity contribution is 5.96. The molecule has 0 aliphatic heterocycles. The van der Waals surface area contributed by atoms with E-state index in [2.05, 4.69) is 23.8 Å². The Hall–Kier alpha value is -3.87. The molecule has 0 spiro atoms. The first kappa shape index (κ1) is 20.4. The van der Waals surface area contributed by atoms with Crippen LogP contribution in [0.5, 0.6) is 0 Å². The van der Waals surface area contributed by atoms with Crippen LogP contribution < -0.4 is 11.2 Å². The van der Waals surface area contributed by atoms with Gasteiger partial charge in [0, 0.05) is 24.2 Å². The highest BCUT2D eigenvalue weighted by atomic mass is 16.2. The zero-order valence-corrected chi connectivity index (χ0v) is 17.4. The van der Waals surface area contributed by atoms with E-state index >= 15 is 0 Å². The lowest BCUT2D eigenvalue weighted by molar-refractivity contribution is 0.0971. The average Bonchev–Trinajstić information content (AvgIpc) is 2.80. The summed E-state index contributed by atoms with van der Waals surface area (Å²) in [4.78, 5) is 47.3. The standard InChI is InChI=1S/C24H22N4O3/c1-16(2)18-5-7-19(8-6-18)21(29)15-27-20-4-3-11-26-22(20)23(30)28(24(27)31)14-17-9-12-25-13-10-17/h3-13,16H,14-15H2,1-2H3. The normalized spacial score (nSPS) is 11.2. The van der Waals surface area contributed by atoms with Gasteiger partial charge in [0.1, 0.15) is 0 Å². The molecule has 0 aliphatic carbocycles. The molecule has 7 nitrogen and oxygen atoms in total. The molecule has 0 fully saturated rings. The number of rotatable bonds is 6. The summed E-state index contributed by atoms with van der Waals surface area (Å²) in [5.41, 5.74) is 1.87. The van der Waals surface area contributed by atoms with Crippen LogP contribution in [0.2, 0.25) is 0 Å². The highest BCUT2D eigenvalue weighted by Gasteiger charge is 2.17. The Kier molecular flexibility index (Phi) is 5.58. The fourth-order valence-corrected chi connectivity index (χ4v) is 3.49. The Balaban J connectivity index is 1.78. The number of nitrogens with zero attached hydrogens (tertiary/aromatic N) is 4. The molecule has 0 N–H and O–H groups in total. The Morgan fingerprint density at radius 3 is 2.32 bits per heavy atom. The van der Waals surface area contributed by atoms with Crippen LogP contribution in [0.3, 0.4) is 0 Å². The smallest absolute Gasteiger partial charge is 0.292 e. The first-order valence-corrected chi connectivity index (χ1v) is 10.1. The van der Waals surface area contributed by atoms with E-state index in [1.165, 1.54) is 10.8 Å². The van der Waals surface area contributed by atoms with Gasteiger partial charge in [0.05, 0.1) is 18.6 Å². The summed E-state index contributed by atoms with van der Waals surface area (Å²) in [7, 11) is 0. The Labute approximate surface area is 178 Å². The van der Waals surface area contributed by atoms with Crippen molar-refractivity contribution in [3.63, 3.8) is 0 Å². The van der Waals surface area contributed by atoms with E-state index in [4.69, 9.17) is 0 Å². The van der Waals surface area contributed by atoms with Gasteiger partial charge in [-0.1, -0.05) is 38.1 Å². The Bertz CT molecular complexity index is 1350. The topological polar surface area (TPSA) is 86.9 Å². The van der Waals surface area contributed by atoms with Crippen molar-refractivity contribution in [3.05, 3.63) is 105 Å². The monoisotopic (exact) mass is 414 g/mol. The van der Waals surface area contributed by atoms with Gasteiger partial charge >= 0.3 is 5.69 Å². The largest absolute Gasteiger partial charge is 0.332 e. The Morgan fingerprint density at radius 1 is 0.935 bits per heavy atom. The molecule has 0 saturated heterocycles. The van der Waals surface area contributed by atoms with Crippen LogP contribution in [0.4, 0.5) is 0 Å². The predicted octanol–water partition coefficient (Wildman–Crippen LogP) is 3.01. The molecular formula is C24H22N4O3. The van der Waals surface area contributed by atoms with E-state index in [1.807, 2.05) is 12.1 Å². The lowest BCUT2D eigenvalue weighted by atomic mass is 10.0. The molecule has 0 amide bonds. The molecule has 31 heavy (non-hydrogen) atoms. The number of hydrogen-bond donors (Lipinski definition) is 0. The first-order chi connectivity index (χ1) is 15.0. The van der Waals surface area contributed by atoms with Crippen LogP contribution in [0.1, 0.15) is 41.3 Å². The van der Waals surface area contributed by atoms with Crippen molar-refractivity contribution in [2.75, 3.05) is 0 Å². The molecule has 3 heterocycles. The van der Waals surface area contributed by atoms with E-state index in [1.54, 1.807) is 48.8 Å². The van der Waals surface area contributed by atoms with Crippen molar-refractivity contribution in [2.24, 2.45) is 0 Å². The van der Waals surface area contributed by atoms with Crippen molar-refractivity contribution in [1.29, 1.82) is 0 Å². The van der Waals surface area contributed by atoms with Crippen LogP contribution in [-0.2, 0) is 13.1 Å². The molecule has 0 radical (unpaired) electrons. The number of aromatic nitrogens is 4. The molecular weight excluding hydrogens is 392 g/mol. The van der Waals surface area contributed by atoms with Gasteiger partial charge in [-0.2, -0.15) is 0 Å². The van der Waals surface area contributed by atoms with E-state index in [9.17, 15) is 14.4 Å². The third-order valence-corrected chi connectivity index (χ3v) is 5.28. The van der Waals surface area contributed by atoms with Gasteiger partial charge in [-0.25, -0.2) is 9.78 Å². The number of ketones is 1. The van der Waals surface area contributed by atoms with Crippen LogP contribution in [0, 0.1) is 0 Å². The quantitative estimate of drug-likeness (QED) is 0.453. The van der Waals surface area contributed by atoms with E-state index in [-0.39, 0.29) is 24.4 Å². The molecule has 156 valence electrons. The van der Waals surface area contributed by atoms with Crippen LogP contribution in [-0.4, -0.2) is 24.9 Å². The Morgan fingerprint density at radius 2 is 1.65 bits per heavy atom. The lowest BCUT2D eigenvalue weighted by Gasteiger charge is -2.13. The minimum Gasteiger partial charge on any atom is -0.292 e. The van der Waals surface area contributed by atoms with Crippen molar-refractivity contribution < 1.29 is 4.79 Å². The molecule has 0 bridgehead atoms. The average molecular weight is 414 g/mol. The number of Topliss-reactive ketones (excluding diaryl/α,β-unsaturated/α-hetero) is 1. The van der Waals surface area contributed by atoms with Gasteiger partial charge in [-0.05, 0) is 41.3 Å². The molecule has 7 heteroatoms. The second-order valence-electron chi connectivity index (χ2n) is 7.69. The number of fused-ring (bicyclic) bond motifs is 1. The maximum absolute atomic E-state index is 13.2. The van der Waals surface area contributed by atoms with E-state index in [0.717, 1.165) is 15.7 Å². The van der Waals surface area contributed by atoms with Gasteiger partial charge in [0.15, 0.2) is 11.3 Å². The highest BCUT2D eigenvalue weighted by Crippen LogP contribution is 2.15. The number of hydrogen-bond acceptors (Lipinski definition) is 5. The zero-order valence-electron chi connectivity index (χ0n) is 17.4. The van der Waals surface area contributed by atoms with Gasteiger partial charge in [-0.15, -0.1) is 0 Å². The molecule has 4 aromatic rings. The van der Waals surface area contributed by atoms with E-state index in [0.29, 0.717) is 17.0 Å². The van der Waals surface area contributed by atoms with Gasteiger partial charge in [0.25, 0.3) is 5.56 Å². The van der Waals surface area contributed by atoms with Crippen LogP contribution >= 0.6 is 0 Å². The summed E-state index contributed by atoms with van der Waals surface area (Å²) in [6.45, 7) is 4.06. The maximum atomic E-state index is 13.2. The van der Waals surface area contributed by atoms with Crippen LogP contribution in [0.15, 0.2) is 76.7 Å². The molecule has 3 aromatic heterocycles. The molecule has 1 aromatic carbocycles. The minimum absolute atomic E-state index is 0.0734. The van der Waals surface area contributed by atoms with Crippen molar-refractivity contribution >= 4 is 16.8 Å². The maximum Gasteiger partial charge on any atom is 0.332 e. The fraction of sp³-hybridized carbons (Fsp3) is 0.208. The van der Waals surface area contributed by atoms with Crippen molar-refractivity contribution in [1.82, 2.24) is 19.1 Å². The third-order valence-electron chi connectivity index (χ3n) is 5.28. The van der Waals surface area contributed by atoms with Gasteiger partial charge < -0.3 is 0 Å². The fourth-order valence-electron chi connectivity index (χ4n) is 3.49. The SMILES string of the molecule is CC(C)c1ccc(C(=O)Cn2c(=O)n(Cc3ccncc3)c(=O)c3ncccc32)cc1.